The van der Waals surface area contributed by atoms with Crippen molar-refractivity contribution in [2.45, 2.75) is 39.7 Å². The normalized spacial score (nSPS) is 11.7. The molecule has 0 amide bonds. The molecule has 0 bridgehead atoms. The minimum Gasteiger partial charge on any atom is -0.497 e. The largest absolute Gasteiger partial charge is 0.497 e. The molecule has 3 aromatic rings. The quantitative estimate of drug-likeness (QED) is 0.449. The standard InChI is InChI=1S/C23H30ClN3O/c1-5-6-12-27(16(2)3)13-11-25-23-19-9-7-17(24)14-22(19)26-21-10-8-18(28-4)15-20(21)23/h7-10,14-16H,5-6,11-13H2,1-4H3,(H,25,26). The first kappa shape index (κ1) is 20.7. The van der Waals surface area contributed by atoms with E-state index in [4.69, 9.17) is 21.3 Å². The lowest BCUT2D eigenvalue weighted by atomic mass is 10.1. The van der Waals surface area contributed by atoms with Crippen molar-refractivity contribution in [2.75, 3.05) is 32.1 Å². The maximum atomic E-state index is 6.21. The SMILES string of the molecule is CCCCN(CCNc1c2ccc(Cl)cc2nc2ccc(OC)cc12)C(C)C. The third-order valence-corrected chi connectivity index (χ3v) is 5.41. The Morgan fingerprint density at radius 3 is 2.61 bits per heavy atom. The van der Waals surface area contributed by atoms with E-state index >= 15 is 0 Å². The van der Waals surface area contributed by atoms with Crippen LogP contribution < -0.4 is 10.1 Å². The minimum atomic E-state index is 0.540. The van der Waals surface area contributed by atoms with Crippen molar-refractivity contribution in [3.05, 3.63) is 41.4 Å². The van der Waals surface area contributed by atoms with Crippen LogP contribution in [0.4, 0.5) is 5.69 Å². The number of nitrogens with one attached hydrogen (secondary N) is 1. The molecular weight excluding hydrogens is 370 g/mol. The molecule has 0 spiro atoms. The summed E-state index contributed by atoms with van der Waals surface area (Å²) in [4.78, 5) is 7.32. The van der Waals surface area contributed by atoms with E-state index < -0.39 is 0 Å². The number of nitrogens with zero attached hydrogens (tertiary/aromatic N) is 2. The Labute approximate surface area is 172 Å². The van der Waals surface area contributed by atoms with Gasteiger partial charge in [0, 0.05) is 34.9 Å². The minimum absolute atomic E-state index is 0.540. The van der Waals surface area contributed by atoms with Gasteiger partial charge in [0.15, 0.2) is 0 Å². The van der Waals surface area contributed by atoms with E-state index in [0.717, 1.165) is 52.9 Å². The molecule has 0 atom stereocenters. The first-order valence-electron chi connectivity index (χ1n) is 10.1. The number of fused-ring (bicyclic) bond motifs is 2. The van der Waals surface area contributed by atoms with Gasteiger partial charge >= 0.3 is 0 Å². The summed E-state index contributed by atoms with van der Waals surface area (Å²) in [5.74, 6) is 0.831. The fourth-order valence-electron chi connectivity index (χ4n) is 3.53. The van der Waals surface area contributed by atoms with E-state index in [2.05, 4.69) is 37.1 Å². The molecule has 0 aliphatic heterocycles. The van der Waals surface area contributed by atoms with Crippen LogP contribution in [-0.2, 0) is 0 Å². The van der Waals surface area contributed by atoms with Crippen LogP contribution in [0.15, 0.2) is 36.4 Å². The molecule has 4 nitrogen and oxygen atoms in total. The Kier molecular flexibility index (Phi) is 6.97. The summed E-state index contributed by atoms with van der Waals surface area (Å²) in [7, 11) is 1.69. The number of benzene rings is 2. The lowest BCUT2D eigenvalue weighted by molar-refractivity contribution is 0.227. The molecule has 0 aliphatic rings. The molecule has 5 heteroatoms. The summed E-state index contributed by atoms with van der Waals surface area (Å²) in [5.41, 5.74) is 2.93. The molecule has 1 heterocycles. The third-order valence-electron chi connectivity index (χ3n) is 5.17. The van der Waals surface area contributed by atoms with Crippen molar-refractivity contribution in [2.24, 2.45) is 0 Å². The number of anilines is 1. The van der Waals surface area contributed by atoms with Crippen molar-refractivity contribution in [3.63, 3.8) is 0 Å². The van der Waals surface area contributed by atoms with Crippen LogP contribution >= 0.6 is 11.6 Å². The first-order chi connectivity index (χ1) is 13.5. The van der Waals surface area contributed by atoms with E-state index in [1.54, 1.807) is 7.11 Å². The molecule has 1 N–H and O–H groups in total. The molecule has 28 heavy (non-hydrogen) atoms. The second kappa shape index (κ2) is 9.44. The van der Waals surface area contributed by atoms with Gasteiger partial charge in [-0.2, -0.15) is 0 Å². The Balaban J connectivity index is 1.94. The van der Waals surface area contributed by atoms with E-state index in [1.165, 1.54) is 12.8 Å². The highest BCUT2D eigenvalue weighted by Crippen LogP contribution is 2.34. The Morgan fingerprint density at radius 2 is 1.89 bits per heavy atom. The van der Waals surface area contributed by atoms with E-state index in [9.17, 15) is 0 Å². The number of unbranched alkanes of at least 4 members (excludes halogenated alkanes) is 1. The summed E-state index contributed by atoms with van der Waals surface area (Å²) >= 11 is 6.21. The molecule has 0 saturated heterocycles. The fourth-order valence-corrected chi connectivity index (χ4v) is 3.69. The van der Waals surface area contributed by atoms with Gasteiger partial charge in [0.05, 0.1) is 23.8 Å². The maximum Gasteiger partial charge on any atom is 0.119 e. The zero-order valence-electron chi connectivity index (χ0n) is 17.3. The summed E-state index contributed by atoms with van der Waals surface area (Å²) in [5, 5.41) is 6.53. The Morgan fingerprint density at radius 1 is 1.07 bits per heavy atom. The molecule has 0 fully saturated rings. The van der Waals surface area contributed by atoms with Gasteiger partial charge in [0.25, 0.3) is 0 Å². The summed E-state index contributed by atoms with van der Waals surface area (Å²) in [6, 6.07) is 12.4. The predicted molar refractivity (Wildman–Crippen MR) is 121 cm³/mol. The van der Waals surface area contributed by atoms with Gasteiger partial charge in [-0.25, -0.2) is 4.98 Å². The van der Waals surface area contributed by atoms with Gasteiger partial charge in [-0.3, -0.25) is 4.90 Å². The number of methoxy groups -OCH3 is 1. The molecule has 1 aromatic heterocycles. The van der Waals surface area contributed by atoms with Crippen LogP contribution in [-0.4, -0.2) is 42.7 Å². The van der Waals surface area contributed by atoms with Crippen LogP contribution in [0.3, 0.4) is 0 Å². The average molecular weight is 400 g/mol. The van der Waals surface area contributed by atoms with Gasteiger partial charge in [0.2, 0.25) is 0 Å². The van der Waals surface area contributed by atoms with Crippen molar-refractivity contribution in [1.82, 2.24) is 9.88 Å². The zero-order chi connectivity index (χ0) is 20.1. The number of pyridine rings is 1. The third kappa shape index (κ3) is 4.68. The van der Waals surface area contributed by atoms with Crippen molar-refractivity contribution < 1.29 is 4.74 Å². The van der Waals surface area contributed by atoms with Crippen molar-refractivity contribution in [3.8, 4) is 5.75 Å². The van der Waals surface area contributed by atoms with Crippen LogP contribution in [0.2, 0.25) is 5.02 Å². The summed E-state index contributed by atoms with van der Waals surface area (Å²) < 4.78 is 5.44. The molecule has 0 unspecified atom stereocenters. The highest BCUT2D eigenvalue weighted by molar-refractivity contribution is 6.31. The number of halogens is 1. The van der Waals surface area contributed by atoms with Gasteiger partial charge in [-0.1, -0.05) is 24.9 Å². The highest BCUT2D eigenvalue weighted by Gasteiger charge is 2.12. The maximum absolute atomic E-state index is 6.21. The van der Waals surface area contributed by atoms with Crippen LogP contribution in [0.1, 0.15) is 33.6 Å². The van der Waals surface area contributed by atoms with Gasteiger partial charge in [-0.05, 0) is 63.2 Å². The number of ether oxygens (including phenoxy) is 1. The summed E-state index contributed by atoms with van der Waals surface area (Å²) in [6.45, 7) is 9.78. The lowest BCUT2D eigenvalue weighted by Gasteiger charge is -2.27. The van der Waals surface area contributed by atoms with Crippen molar-refractivity contribution in [1.29, 1.82) is 0 Å². The van der Waals surface area contributed by atoms with Crippen LogP contribution in [0.5, 0.6) is 5.75 Å². The average Bonchev–Trinajstić information content (AvgIpc) is 2.69. The number of hydrogen-bond donors (Lipinski definition) is 1. The smallest absolute Gasteiger partial charge is 0.119 e. The second-order valence-corrected chi connectivity index (χ2v) is 7.88. The lowest BCUT2D eigenvalue weighted by Crippen LogP contribution is -2.35. The molecule has 0 saturated carbocycles. The molecule has 3 rings (SSSR count). The van der Waals surface area contributed by atoms with Crippen molar-refractivity contribution >= 4 is 39.1 Å². The molecule has 0 aliphatic carbocycles. The molecular formula is C23H30ClN3O. The number of aromatic nitrogens is 1. The van der Waals surface area contributed by atoms with Gasteiger partial charge < -0.3 is 10.1 Å². The van der Waals surface area contributed by atoms with E-state index in [0.29, 0.717) is 11.1 Å². The van der Waals surface area contributed by atoms with Crippen LogP contribution in [0, 0.1) is 0 Å². The van der Waals surface area contributed by atoms with Gasteiger partial charge in [-0.15, -0.1) is 0 Å². The number of hydrogen-bond acceptors (Lipinski definition) is 4. The predicted octanol–water partition coefficient (Wildman–Crippen LogP) is 5.97. The number of rotatable bonds is 9. The van der Waals surface area contributed by atoms with E-state index in [1.807, 2.05) is 30.3 Å². The van der Waals surface area contributed by atoms with Crippen LogP contribution in [0.25, 0.3) is 21.8 Å². The molecule has 150 valence electrons. The van der Waals surface area contributed by atoms with E-state index in [-0.39, 0.29) is 0 Å². The summed E-state index contributed by atoms with van der Waals surface area (Å²) in [6.07, 6.45) is 2.45. The molecule has 2 aromatic carbocycles. The topological polar surface area (TPSA) is 37.4 Å². The highest BCUT2D eigenvalue weighted by atomic mass is 35.5. The Bertz CT molecular complexity index is 942. The second-order valence-electron chi connectivity index (χ2n) is 7.44. The fraction of sp³-hybridized carbons (Fsp3) is 0.435. The van der Waals surface area contributed by atoms with Gasteiger partial charge in [0.1, 0.15) is 5.75 Å². The Hall–Kier alpha value is -2.04. The molecule has 0 radical (unpaired) electrons. The zero-order valence-corrected chi connectivity index (χ0v) is 18.0. The first-order valence-corrected chi connectivity index (χ1v) is 10.5. The monoisotopic (exact) mass is 399 g/mol.